The standard InChI is InChI=1S/C16H18BrFN2/c1-3-19-15(16-14(17)5-4-8-20-16)10-12-6-7-13(18)9-11(12)2/h4-9,15,19H,3,10H2,1-2H3. The molecule has 1 N–H and O–H groups in total. The Bertz CT molecular complexity index is 586. The second-order valence-corrected chi connectivity index (χ2v) is 5.61. The quantitative estimate of drug-likeness (QED) is 0.885. The molecule has 0 bridgehead atoms. The van der Waals surface area contributed by atoms with Crippen LogP contribution in [-0.2, 0) is 6.42 Å². The number of pyridine rings is 1. The van der Waals surface area contributed by atoms with Gasteiger partial charge >= 0.3 is 0 Å². The lowest BCUT2D eigenvalue weighted by molar-refractivity contribution is 0.532. The Balaban J connectivity index is 2.28. The minimum atomic E-state index is -0.190. The van der Waals surface area contributed by atoms with Crippen LogP contribution in [0, 0.1) is 12.7 Å². The number of halogens is 2. The van der Waals surface area contributed by atoms with Gasteiger partial charge < -0.3 is 5.32 Å². The molecule has 2 rings (SSSR count). The van der Waals surface area contributed by atoms with E-state index in [-0.39, 0.29) is 11.9 Å². The van der Waals surface area contributed by atoms with Gasteiger partial charge in [-0.1, -0.05) is 13.0 Å². The van der Waals surface area contributed by atoms with E-state index in [2.05, 4.69) is 33.2 Å². The molecule has 0 aliphatic heterocycles. The molecule has 0 aliphatic rings. The van der Waals surface area contributed by atoms with Gasteiger partial charge in [0, 0.05) is 10.7 Å². The fourth-order valence-corrected chi connectivity index (χ4v) is 2.81. The van der Waals surface area contributed by atoms with E-state index >= 15 is 0 Å². The molecule has 106 valence electrons. The highest BCUT2D eigenvalue weighted by atomic mass is 79.9. The summed E-state index contributed by atoms with van der Waals surface area (Å²) < 4.78 is 14.2. The third-order valence-electron chi connectivity index (χ3n) is 3.30. The molecule has 1 aromatic carbocycles. The smallest absolute Gasteiger partial charge is 0.123 e. The van der Waals surface area contributed by atoms with Gasteiger partial charge in [0.2, 0.25) is 0 Å². The summed E-state index contributed by atoms with van der Waals surface area (Å²) in [6.45, 7) is 4.87. The van der Waals surface area contributed by atoms with Gasteiger partial charge in [0.05, 0.1) is 11.7 Å². The van der Waals surface area contributed by atoms with Crippen LogP contribution in [0.2, 0.25) is 0 Å². The van der Waals surface area contributed by atoms with Crippen LogP contribution < -0.4 is 5.32 Å². The van der Waals surface area contributed by atoms with Crippen molar-refractivity contribution in [3.8, 4) is 0 Å². The first-order valence-corrected chi connectivity index (χ1v) is 7.50. The average Bonchev–Trinajstić information content (AvgIpc) is 2.42. The molecule has 0 fully saturated rings. The van der Waals surface area contributed by atoms with Crippen molar-refractivity contribution in [3.05, 3.63) is 63.6 Å². The minimum absolute atomic E-state index is 0.111. The number of nitrogens with zero attached hydrogens (tertiary/aromatic N) is 1. The molecule has 2 aromatic rings. The van der Waals surface area contributed by atoms with Crippen molar-refractivity contribution in [1.82, 2.24) is 10.3 Å². The SMILES string of the molecule is CCNC(Cc1ccc(F)cc1C)c1ncccc1Br. The first-order valence-electron chi connectivity index (χ1n) is 6.70. The summed E-state index contributed by atoms with van der Waals surface area (Å²) in [5, 5.41) is 3.44. The van der Waals surface area contributed by atoms with Gasteiger partial charge in [0.1, 0.15) is 5.82 Å². The monoisotopic (exact) mass is 336 g/mol. The molecule has 20 heavy (non-hydrogen) atoms. The van der Waals surface area contributed by atoms with Crippen molar-refractivity contribution in [2.45, 2.75) is 26.3 Å². The van der Waals surface area contributed by atoms with Gasteiger partial charge in [0.25, 0.3) is 0 Å². The Kier molecular flexibility index (Phi) is 5.26. The van der Waals surface area contributed by atoms with E-state index in [1.165, 1.54) is 6.07 Å². The third-order valence-corrected chi connectivity index (χ3v) is 3.97. The lowest BCUT2D eigenvalue weighted by atomic mass is 9.98. The van der Waals surface area contributed by atoms with Gasteiger partial charge in [-0.2, -0.15) is 0 Å². The maximum atomic E-state index is 13.2. The Morgan fingerprint density at radius 1 is 1.35 bits per heavy atom. The molecule has 1 atom stereocenters. The predicted octanol–water partition coefficient (Wildman–Crippen LogP) is 4.18. The number of rotatable bonds is 5. The largest absolute Gasteiger partial charge is 0.309 e. The number of aryl methyl sites for hydroxylation is 1. The molecule has 0 amide bonds. The second-order valence-electron chi connectivity index (χ2n) is 4.76. The summed E-state index contributed by atoms with van der Waals surface area (Å²) >= 11 is 3.55. The molecule has 1 aromatic heterocycles. The molecular weight excluding hydrogens is 319 g/mol. The van der Waals surface area contributed by atoms with Crippen LogP contribution in [-0.4, -0.2) is 11.5 Å². The number of benzene rings is 1. The van der Waals surface area contributed by atoms with Crippen molar-refractivity contribution >= 4 is 15.9 Å². The Morgan fingerprint density at radius 3 is 2.80 bits per heavy atom. The van der Waals surface area contributed by atoms with Crippen LogP contribution >= 0.6 is 15.9 Å². The molecule has 4 heteroatoms. The fraction of sp³-hybridized carbons (Fsp3) is 0.312. The first-order chi connectivity index (χ1) is 9.61. The molecule has 0 radical (unpaired) electrons. The number of aromatic nitrogens is 1. The third kappa shape index (κ3) is 3.64. The molecule has 1 unspecified atom stereocenters. The molecule has 0 saturated heterocycles. The number of nitrogens with one attached hydrogen (secondary N) is 1. The number of hydrogen-bond donors (Lipinski definition) is 1. The molecule has 0 aliphatic carbocycles. The second kappa shape index (κ2) is 6.95. The number of hydrogen-bond acceptors (Lipinski definition) is 2. The summed E-state index contributed by atoms with van der Waals surface area (Å²) in [6, 6.07) is 8.94. The minimum Gasteiger partial charge on any atom is -0.309 e. The summed E-state index contributed by atoms with van der Waals surface area (Å²) in [5.41, 5.74) is 3.09. The van der Waals surface area contributed by atoms with Crippen LogP contribution in [0.5, 0.6) is 0 Å². The van der Waals surface area contributed by atoms with Crippen LogP contribution in [0.4, 0.5) is 4.39 Å². The van der Waals surface area contributed by atoms with E-state index in [0.717, 1.165) is 34.3 Å². The summed E-state index contributed by atoms with van der Waals surface area (Å²) in [7, 11) is 0. The van der Waals surface area contributed by atoms with Crippen molar-refractivity contribution in [2.75, 3.05) is 6.54 Å². The van der Waals surface area contributed by atoms with Crippen LogP contribution in [0.15, 0.2) is 41.0 Å². The molecular formula is C16H18BrFN2. The Labute approximate surface area is 127 Å². The summed E-state index contributed by atoms with van der Waals surface area (Å²) in [6.07, 6.45) is 2.58. The van der Waals surface area contributed by atoms with Crippen molar-refractivity contribution in [2.24, 2.45) is 0 Å². The van der Waals surface area contributed by atoms with Crippen molar-refractivity contribution in [3.63, 3.8) is 0 Å². The van der Waals surface area contributed by atoms with E-state index in [0.29, 0.717) is 0 Å². The van der Waals surface area contributed by atoms with E-state index in [1.807, 2.05) is 25.1 Å². The lowest BCUT2D eigenvalue weighted by Gasteiger charge is -2.19. The normalized spacial score (nSPS) is 12.4. The topological polar surface area (TPSA) is 24.9 Å². The Morgan fingerprint density at radius 2 is 2.15 bits per heavy atom. The average molecular weight is 337 g/mol. The summed E-state index contributed by atoms with van der Waals surface area (Å²) in [5.74, 6) is -0.190. The lowest BCUT2D eigenvalue weighted by Crippen LogP contribution is -2.24. The van der Waals surface area contributed by atoms with E-state index in [1.54, 1.807) is 12.3 Å². The van der Waals surface area contributed by atoms with Gasteiger partial charge in [-0.05, 0) is 71.2 Å². The van der Waals surface area contributed by atoms with Crippen LogP contribution in [0.1, 0.15) is 29.8 Å². The van der Waals surface area contributed by atoms with Gasteiger partial charge in [-0.15, -0.1) is 0 Å². The van der Waals surface area contributed by atoms with Gasteiger partial charge in [0.15, 0.2) is 0 Å². The highest BCUT2D eigenvalue weighted by molar-refractivity contribution is 9.10. The van der Waals surface area contributed by atoms with Crippen LogP contribution in [0.25, 0.3) is 0 Å². The molecule has 2 nitrogen and oxygen atoms in total. The van der Waals surface area contributed by atoms with Crippen LogP contribution in [0.3, 0.4) is 0 Å². The van der Waals surface area contributed by atoms with E-state index in [4.69, 9.17) is 0 Å². The molecule has 0 spiro atoms. The number of likely N-dealkylation sites (N-methyl/N-ethyl adjacent to an activating group) is 1. The maximum absolute atomic E-state index is 13.2. The zero-order chi connectivity index (χ0) is 14.5. The first kappa shape index (κ1) is 15.1. The van der Waals surface area contributed by atoms with E-state index in [9.17, 15) is 4.39 Å². The van der Waals surface area contributed by atoms with Crippen molar-refractivity contribution < 1.29 is 4.39 Å². The van der Waals surface area contributed by atoms with Crippen molar-refractivity contribution in [1.29, 1.82) is 0 Å². The maximum Gasteiger partial charge on any atom is 0.123 e. The molecule has 1 heterocycles. The highest BCUT2D eigenvalue weighted by Gasteiger charge is 2.16. The van der Waals surface area contributed by atoms with Gasteiger partial charge in [-0.25, -0.2) is 4.39 Å². The highest BCUT2D eigenvalue weighted by Crippen LogP contribution is 2.25. The molecule has 0 saturated carbocycles. The fourth-order valence-electron chi connectivity index (χ4n) is 2.27. The van der Waals surface area contributed by atoms with Gasteiger partial charge in [-0.3, -0.25) is 4.98 Å². The predicted molar refractivity (Wildman–Crippen MR) is 83.2 cm³/mol. The zero-order valence-electron chi connectivity index (χ0n) is 11.7. The van der Waals surface area contributed by atoms with E-state index < -0.39 is 0 Å². The zero-order valence-corrected chi connectivity index (χ0v) is 13.2. The Hall–Kier alpha value is -1.26. The summed E-state index contributed by atoms with van der Waals surface area (Å²) in [4.78, 5) is 4.46.